The summed E-state index contributed by atoms with van der Waals surface area (Å²) in [6, 6.07) is 7.26. The van der Waals surface area contributed by atoms with Gasteiger partial charge in [-0.1, -0.05) is 11.6 Å². The summed E-state index contributed by atoms with van der Waals surface area (Å²) in [5, 5.41) is 6.50. The van der Waals surface area contributed by atoms with Crippen LogP contribution < -0.4 is 15.5 Å². The maximum atomic E-state index is 11.4. The zero-order valence-electron chi connectivity index (χ0n) is 10.7. The first-order chi connectivity index (χ1) is 9.61. The van der Waals surface area contributed by atoms with E-state index in [9.17, 15) is 4.79 Å². The third kappa shape index (κ3) is 2.50. The monoisotopic (exact) mass is 289 g/mol. The number of nitrogens with one attached hydrogen (secondary N) is 2. The number of rotatable bonds is 2. The topological polar surface area (TPSA) is 70.2 Å². The van der Waals surface area contributed by atoms with Crippen molar-refractivity contribution in [2.24, 2.45) is 0 Å². The van der Waals surface area contributed by atoms with Crippen molar-refractivity contribution in [1.82, 2.24) is 9.97 Å². The highest BCUT2D eigenvalue weighted by Gasteiger charge is 2.21. The first-order valence-corrected chi connectivity index (χ1v) is 6.40. The molecule has 20 heavy (non-hydrogen) atoms. The number of aromatic nitrogens is 2. The van der Waals surface area contributed by atoms with Crippen molar-refractivity contribution in [2.45, 2.75) is 0 Å². The van der Waals surface area contributed by atoms with Gasteiger partial charge in [0, 0.05) is 17.8 Å². The summed E-state index contributed by atoms with van der Waals surface area (Å²) in [7, 11) is 1.82. The van der Waals surface area contributed by atoms with Crippen LogP contribution in [0.25, 0.3) is 0 Å². The first kappa shape index (κ1) is 12.7. The van der Waals surface area contributed by atoms with Crippen molar-refractivity contribution >= 4 is 40.6 Å². The van der Waals surface area contributed by atoms with Crippen LogP contribution in [0.5, 0.6) is 0 Å². The van der Waals surface area contributed by atoms with Gasteiger partial charge in [0.25, 0.3) is 0 Å². The van der Waals surface area contributed by atoms with Crippen molar-refractivity contribution in [3.63, 3.8) is 0 Å². The lowest BCUT2D eigenvalue weighted by molar-refractivity contribution is -0.115. The van der Waals surface area contributed by atoms with E-state index in [1.54, 1.807) is 23.2 Å². The van der Waals surface area contributed by atoms with E-state index in [-0.39, 0.29) is 12.5 Å². The molecule has 0 atom stereocenters. The molecule has 2 heterocycles. The van der Waals surface area contributed by atoms with Crippen LogP contribution in [-0.2, 0) is 4.79 Å². The predicted octanol–water partition coefficient (Wildman–Crippen LogP) is 2.26. The number of benzene rings is 1. The van der Waals surface area contributed by atoms with Gasteiger partial charge in [0.2, 0.25) is 11.9 Å². The first-order valence-electron chi connectivity index (χ1n) is 6.02. The summed E-state index contributed by atoms with van der Waals surface area (Å²) >= 11 is 5.84. The molecular formula is C13H12ClN5O. The Morgan fingerprint density at radius 1 is 1.35 bits per heavy atom. The molecule has 1 aliphatic heterocycles. The van der Waals surface area contributed by atoms with E-state index in [0.717, 1.165) is 5.69 Å². The summed E-state index contributed by atoms with van der Waals surface area (Å²) in [6.07, 6.45) is 1.59. The van der Waals surface area contributed by atoms with E-state index in [1.807, 2.05) is 19.2 Å². The highest BCUT2D eigenvalue weighted by atomic mass is 35.5. The van der Waals surface area contributed by atoms with Gasteiger partial charge in [0.1, 0.15) is 5.69 Å². The molecule has 0 radical (unpaired) electrons. The molecule has 1 aromatic heterocycles. The molecule has 0 aliphatic carbocycles. The fraction of sp³-hybridized carbons (Fsp3) is 0.154. The molecule has 0 saturated heterocycles. The van der Waals surface area contributed by atoms with E-state index in [0.29, 0.717) is 22.5 Å². The number of amides is 1. The van der Waals surface area contributed by atoms with E-state index in [2.05, 4.69) is 20.6 Å². The quantitative estimate of drug-likeness (QED) is 0.887. The molecule has 7 heteroatoms. The van der Waals surface area contributed by atoms with E-state index in [4.69, 9.17) is 11.6 Å². The smallest absolute Gasteiger partial charge is 0.244 e. The van der Waals surface area contributed by atoms with Crippen LogP contribution in [0.15, 0.2) is 30.5 Å². The predicted molar refractivity (Wildman–Crippen MR) is 78.7 cm³/mol. The minimum absolute atomic E-state index is 0.0676. The Morgan fingerprint density at radius 3 is 2.85 bits per heavy atom. The molecule has 2 N–H and O–H groups in total. The van der Waals surface area contributed by atoms with Crippen molar-refractivity contribution in [1.29, 1.82) is 0 Å². The second-order valence-corrected chi connectivity index (χ2v) is 4.90. The maximum Gasteiger partial charge on any atom is 0.244 e. The Balaban J connectivity index is 1.87. The van der Waals surface area contributed by atoms with Gasteiger partial charge in [-0.2, -0.15) is 4.98 Å². The van der Waals surface area contributed by atoms with Gasteiger partial charge in [-0.15, -0.1) is 0 Å². The normalized spacial score (nSPS) is 13.7. The van der Waals surface area contributed by atoms with Crippen molar-refractivity contribution < 1.29 is 4.79 Å². The van der Waals surface area contributed by atoms with Crippen LogP contribution in [0.4, 0.5) is 23.1 Å². The average Bonchev–Trinajstić information content (AvgIpc) is 2.42. The largest absolute Gasteiger partial charge is 0.348 e. The molecule has 102 valence electrons. The van der Waals surface area contributed by atoms with Crippen LogP contribution in [0, 0.1) is 0 Å². The van der Waals surface area contributed by atoms with Crippen LogP contribution in [0.3, 0.4) is 0 Å². The van der Waals surface area contributed by atoms with Gasteiger partial charge in [-0.25, -0.2) is 4.98 Å². The third-order valence-electron chi connectivity index (χ3n) is 2.89. The molecule has 0 bridgehead atoms. The number of nitrogens with zero attached hydrogens (tertiary/aromatic N) is 3. The Bertz CT molecular complexity index is 658. The lowest BCUT2D eigenvalue weighted by Crippen LogP contribution is -2.36. The molecule has 0 fully saturated rings. The molecule has 1 amide bonds. The molecule has 1 aliphatic rings. The molecule has 3 rings (SSSR count). The number of hydrogen-bond acceptors (Lipinski definition) is 5. The SMILES string of the molecule is CN1CC(=O)Nc2cnc(Nc3ccc(Cl)cc3)nc21. The fourth-order valence-electron chi connectivity index (χ4n) is 1.95. The minimum Gasteiger partial charge on any atom is -0.348 e. The molecule has 6 nitrogen and oxygen atoms in total. The number of likely N-dealkylation sites (N-methyl/N-ethyl adjacent to an activating group) is 1. The Hall–Kier alpha value is -2.34. The van der Waals surface area contributed by atoms with E-state index >= 15 is 0 Å². The van der Waals surface area contributed by atoms with Gasteiger partial charge in [0.15, 0.2) is 5.82 Å². The summed E-state index contributed by atoms with van der Waals surface area (Å²) in [5.41, 5.74) is 1.46. The number of hydrogen-bond donors (Lipinski definition) is 2. The Kier molecular flexibility index (Phi) is 3.15. The number of anilines is 4. The van der Waals surface area contributed by atoms with Gasteiger partial charge in [-0.3, -0.25) is 4.79 Å². The second-order valence-electron chi connectivity index (χ2n) is 4.47. The fourth-order valence-corrected chi connectivity index (χ4v) is 2.08. The Labute approximate surface area is 120 Å². The zero-order chi connectivity index (χ0) is 14.1. The zero-order valence-corrected chi connectivity index (χ0v) is 11.5. The van der Waals surface area contributed by atoms with Crippen molar-refractivity contribution in [2.75, 3.05) is 29.1 Å². The van der Waals surface area contributed by atoms with Crippen molar-refractivity contribution in [3.05, 3.63) is 35.5 Å². The van der Waals surface area contributed by atoms with Gasteiger partial charge < -0.3 is 15.5 Å². The number of carbonyl (C=O) groups is 1. The van der Waals surface area contributed by atoms with Crippen LogP contribution in [-0.4, -0.2) is 29.5 Å². The molecular weight excluding hydrogens is 278 g/mol. The van der Waals surface area contributed by atoms with E-state index in [1.165, 1.54) is 0 Å². The molecule has 0 saturated carbocycles. The number of fused-ring (bicyclic) bond motifs is 1. The standard InChI is InChI=1S/C13H12ClN5O/c1-19-7-11(20)17-10-6-15-13(18-12(10)19)16-9-4-2-8(14)3-5-9/h2-6H,7H2,1H3,(H,17,20)(H,15,16,18). The minimum atomic E-state index is -0.0676. The lowest BCUT2D eigenvalue weighted by Gasteiger charge is -2.25. The van der Waals surface area contributed by atoms with Gasteiger partial charge in [-0.05, 0) is 24.3 Å². The van der Waals surface area contributed by atoms with Crippen LogP contribution in [0.1, 0.15) is 0 Å². The van der Waals surface area contributed by atoms with E-state index < -0.39 is 0 Å². The molecule has 0 spiro atoms. The number of halogens is 1. The van der Waals surface area contributed by atoms with Crippen molar-refractivity contribution in [3.8, 4) is 0 Å². The summed E-state index contributed by atoms with van der Waals surface area (Å²) in [6.45, 7) is 0.282. The third-order valence-corrected chi connectivity index (χ3v) is 3.14. The summed E-state index contributed by atoms with van der Waals surface area (Å²) in [5.74, 6) is 1.09. The molecule has 2 aromatic rings. The molecule has 0 unspecified atom stereocenters. The summed E-state index contributed by atoms with van der Waals surface area (Å²) in [4.78, 5) is 21.8. The Morgan fingerprint density at radius 2 is 2.10 bits per heavy atom. The number of carbonyl (C=O) groups excluding carboxylic acids is 1. The summed E-state index contributed by atoms with van der Waals surface area (Å²) < 4.78 is 0. The maximum absolute atomic E-state index is 11.4. The van der Waals surface area contributed by atoms with Crippen LogP contribution >= 0.6 is 11.6 Å². The molecule has 1 aromatic carbocycles. The van der Waals surface area contributed by atoms with Crippen LogP contribution in [0.2, 0.25) is 5.02 Å². The average molecular weight is 290 g/mol. The van der Waals surface area contributed by atoms with Gasteiger partial charge >= 0.3 is 0 Å². The highest BCUT2D eigenvalue weighted by Crippen LogP contribution is 2.27. The highest BCUT2D eigenvalue weighted by molar-refractivity contribution is 6.30. The lowest BCUT2D eigenvalue weighted by atomic mass is 10.3. The second kappa shape index (κ2) is 4.97. The van der Waals surface area contributed by atoms with Gasteiger partial charge in [0.05, 0.1) is 12.7 Å².